The van der Waals surface area contributed by atoms with Gasteiger partial charge in [-0.05, 0) is 31.9 Å². The van der Waals surface area contributed by atoms with Crippen LogP contribution in [0.4, 0.5) is 0 Å². The minimum atomic E-state index is -0.440. The normalized spacial score (nSPS) is 18.0. The van der Waals surface area contributed by atoms with Gasteiger partial charge in [0.1, 0.15) is 17.3 Å². The Balaban J connectivity index is 1.87. The zero-order chi connectivity index (χ0) is 16.4. The predicted molar refractivity (Wildman–Crippen MR) is 86.5 cm³/mol. The van der Waals surface area contributed by atoms with Gasteiger partial charge in [-0.25, -0.2) is 4.98 Å². The molecule has 1 atom stereocenters. The van der Waals surface area contributed by atoms with Gasteiger partial charge in [0.05, 0.1) is 13.2 Å². The van der Waals surface area contributed by atoms with Gasteiger partial charge in [-0.3, -0.25) is 4.79 Å². The maximum atomic E-state index is 12.6. The Morgan fingerprint density at radius 3 is 3.04 bits per heavy atom. The summed E-state index contributed by atoms with van der Waals surface area (Å²) in [5, 5.41) is 9.75. The summed E-state index contributed by atoms with van der Waals surface area (Å²) >= 11 is 0. The van der Waals surface area contributed by atoms with Crippen LogP contribution in [-0.4, -0.2) is 52.2 Å². The molecule has 6 heteroatoms. The molecule has 0 bridgehead atoms. The maximum Gasteiger partial charge on any atom is 0.274 e. The molecule has 2 aromatic rings. The van der Waals surface area contributed by atoms with Crippen molar-refractivity contribution in [3.63, 3.8) is 0 Å². The van der Waals surface area contributed by atoms with Gasteiger partial charge in [0.2, 0.25) is 0 Å². The lowest BCUT2D eigenvalue weighted by molar-refractivity contribution is 0.0469. The number of methoxy groups -OCH3 is 1. The van der Waals surface area contributed by atoms with Crippen LogP contribution >= 0.6 is 0 Å². The van der Waals surface area contributed by atoms with Gasteiger partial charge in [0.25, 0.3) is 5.91 Å². The van der Waals surface area contributed by atoms with Crippen molar-refractivity contribution in [2.45, 2.75) is 25.9 Å². The van der Waals surface area contributed by atoms with Crippen LogP contribution in [0.2, 0.25) is 0 Å². The largest absolute Gasteiger partial charge is 0.497 e. The first-order chi connectivity index (χ1) is 11.1. The van der Waals surface area contributed by atoms with Crippen LogP contribution in [0.3, 0.4) is 0 Å². The Hall–Kier alpha value is -2.34. The second kappa shape index (κ2) is 6.42. The highest BCUT2D eigenvalue weighted by Crippen LogP contribution is 2.23. The molecular formula is C17H21N3O3. The molecule has 0 radical (unpaired) electrons. The molecule has 1 unspecified atom stereocenters. The number of carbonyl (C=O) groups is 1. The van der Waals surface area contributed by atoms with Gasteiger partial charge in [-0.1, -0.05) is 12.1 Å². The number of aryl methyl sites for hydroxylation is 1. The summed E-state index contributed by atoms with van der Waals surface area (Å²) in [6.45, 7) is 2.88. The number of imidazole rings is 1. The zero-order valence-corrected chi connectivity index (χ0v) is 13.4. The number of piperidine rings is 1. The number of aliphatic hydroxyl groups is 1. The summed E-state index contributed by atoms with van der Waals surface area (Å²) in [5.74, 6) is 1.25. The number of benzene rings is 1. The summed E-state index contributed by atoms with van der Waals surface area (Å²) in [5.41, 5.74) is 2.01. The molecule has 1 amide bonds. The van der Waals surface area contributed by atoms with Crippen LogP contribution in [0.25, 0.3) is 11.4 Å². The standard InChI is InChI=1S/C17H21N3O3/c1-11-15(17(22)20-8-4-6-13(21)10-20)19-16(18-11)12-5-3-7-14(9-12)23-2/h3,5,7,9,13,21H,4,6,8,10H2,1-2H3,(H,18,19). The van der Waals surface area contributed by atoms with E-state index in [-0.39, 0.29) is 5.91 Å². The van der Waals surface area contributed by atoms with E-state index in [1.54, 1.807) is 12.0 Å². The fourth-order valence-corrected chi connectivity index (χ4v) is 2.86. The molecule has 1 aliphatic rings. The molecule has 6 nitrogen and oxygen atoms in total. The Labute approximate surface area is 135 Å². The van der Waals surface area contributed by atoms with Crippen LogP contribution < -0.4 is 4.74 Å². The molecular weight excluding hydrogens is 294 g/mol. The summed E-state index contributed by atoms with van der Waals surface area (Å²) < 4.78 is 5.22. The van der Waals surface area contributed by atoms with E-state index in [0.717, 1.165) is 29.8 Å². The third-order valence-corrected chi connectivity index (χ3v) is 4.11. The predicted octanol–water partition coefficient (Wildman–Crippen LogP) is 1.99. The molecule has 3 rings (SSSR count). The van der Waals surface area contributed by atoms with Gasteiger partial charge >= 0.3 is 0 Å². The number of amides is 1. The first-order valence-electron chi connectivity index (χ1n) is 7.77. The highest BCUT2D eigenvalue weighted by atomic mass is 16.5. The van der Waals surface area contributed by atoms with E-state index in [0.29, 0.717) is 24.6 Å². The van der Waals surface area contributed by atoms with Gasteiger partial charge in [-0.15, -0.1) is 0 Å². The lowest BCUT2D eigenvalue weighted by Crippen LogP contribution is -2.42. The number of nitrogens with zero attached hydrogens (tertiary/aromatic N) is 2. The Bertz CT molecular complexity index is 711. The van der Waals surface area contributed by atoms with E-state index in [9.17, 15) is 9.90 Å². The van der Waals surface area contributed by atoms with E-state index in [1.165, 1.54) is 0 Å². The molecule has 1 fully saturated rings. The number of hydrogen-bond acceptors (Lipinski definition) is 4. The number of aromatic amines is 1. The molecule has 1 aromatic carbocycles. The summed E-state index contributed by atoms with van der Waals surface area (Å²) in [4.78, 5) is 22.0. The molecule has 0 saturated carbocycles. The average Bonchev–Trinajstić information content (AvgIpc) is 2.96. The highest BCUT2D eigenvalue weighted by Gasteiger charge is 2.26. The van der Waals surface area contributed by atoms with Crippen molar-refractivity contribution < 1.29 is 14.6 Å². The third-order valence-electron chi connectivity index (χ3n) is 4.11. The van der Waals surface area contributed by atoms with Crippen LogP contribution in [0.5, 0.6) is 5.75 Å². The van der Waals surface area contributed by atoms with Crippen molar-refractivity contribution in [2.24, 2.45) is 0 Å². The van der Waals surface area contributed by atoms with E-state index in [1.807, 2.05) is 31.2 Å². The first kappa shape index (κ1) is 15.6. The second-order valence-corrected chi connectivity index (χ2v) is 5.84. The minimum absolute atomic E-state index is 0.133. The highest BCUT2D eigenvalue weighted by molar-refractivity contribution is 5.94. The molecule has 0 aliphatic carbocycles. The van der Waals surface area contributed by atoms with Crippen molar-refractivity contribution in [1.82, 2.24) is 14.9 Å². The van der Waals surface area contributed by atoms with Gasteiger partial charge in [0, 0.05) is 24.3 Å². The average molecular weight is 315 g/mol. The quantitative estimate of drug-likeness (QED) is 0.908. The summed E-state index contributed by atoms with van der Waals surface area (Å²) in [6.07, 6.45) is 1.13. The van der Waals surface area contributed by atoms with E-state index in [4.69, 9.17) is 4.74 Å². The van der Waals surface area contributed by atoms with E-state index >= 15 is 0 Å². The van der Waals surface area contributed by atoms with Crippen LogP contribution in [0, 0.1) is 6.92 Å². The maximum absolute atomic E-state index is 12.6. The van der Waals surface area contributed by atoms with Crippen molar-refractivity contribution in [3.05, 3.63) is 35.7 Å². The van der Waals surface area contributed by atoms with Crippen LogP contribution in [0.1, 0.15) is 29.0 Å². The van der Waals surface area contributed by atoms with Crippen molar-refractivity contribution in [2.75, 3.05) is 20.2 Å². The summed E-state index contributed by atoms with van der Waals surface area (Å²) in [7, 11) is 1.61. The van der Waals surface area contributed by atoms with Crippen LogP contribution in [0.15, 0.2) is 24.3 Å². The Kier molecular flexibility index (Phi) is 4.34. The lowest BCUT2D eigenvalue weighted by atomic mass is 10.1. The second-order valence-electron chi connectivity index (χ2n) is 5.84. The van der Waals surface area contributed by atoms with Crippen LogP contribution in [-0.2, 0) is 0 Å². The third kappa shape index (κ3) is 3.22. The first-order valence-corrected chi connectivity index (χ1v) is 7.77. The van der Waals surface area contributed by atoms with Crippen molar-refractivity contribution >= 4 is 5.91 Å². The number of hydrogen-bond donors (Lipinski definition) is 2. The molecule has 1 saturated heterocycles. The van der Waals surface area contributed by atoms with Crippen molar-refractivity contribution in [3.8, 4) is 17.1 Å². The summed E-state index contributed by atoms with van der Waals surface area (Å²) in [6, 6.07) is 7.53. The minimum Gasteiger partial charge on any atom is -0.497 e. The molecule has 1 aliphatic heterocycles. The number of rotatable bonds is 3. The lowest BCUT2D eigenvalue weighted by Gasteiger charge is -2.29. The number of H-pyrrole nitrogens is 1. The zero-order valence-electron chi connectivity index (χ0n) is 13.4. The number of aromatic nitrogens is 2. The molecule has 2 N–H and O–H groups in total. The van der Waals surface area contributed by atoms with Gasteiger partial charge < -0.3 is 19.7 Å². The Morgan fingerprint density at radius 1 is 1.48 bits per heavy atom. The van der Waals surface area contributed by atoms with Crippen molar-refractivity contribution in [1.29, 1.82) is 0 Å². The fourth-order valence-electron chi connectivity index (χ4n) is 2.86. The number of aliphatic hydroxyl groups excluding tert-OH is 1. The number of carbonyl (C=O) groups excluding carboxylic acids is 1. The van der Waals surface area contributed by atoms with E-state index < -0.39 is 6.10 Å². The molecule has 2 heterocycles. The van der Waals surface area contributed by atoms with Gasteiger partial charge in [0.15, 0.2) is 0 Å². The van der Waals surface area contributed by atoms with Gasteiger partial charge in [-0.2, -0.15) is 0 Å². The molecule has 122 valence electrons. The number of β-amino-alcohol motifs (C(OH)–C–C–N with tert-alkyl or cyclic N) is 1. The topological polar surface area (TPSA) is 78.4 Å². The monoisotopic (exact) mass is 315 g/mol. The number of ether oxygens (including phenoxy) is 1. The molecule has 0 spiro atoms. The number of likely N-dealkylation sites (tertiary alicyclic amines) is 1. The SMILES string of the molecule is COc1cccc(-c2nc(C(=O)N3CCCC(O)C3)c(C)[nH]2)c1. The fraction of sp³-hybridized carbons (Fsp3) is 0.412. The molecule has 23 heavy (non-hydrogen) atoms. The molecule has 1 aromatic heterocycles. The van der Waals surface area contributed by atoms with E-state index in [2.05, 4.69) is 9.97 Å². The Morgan fingerprint density at radius 2 is 2.30 bits per heavy atom. The number of nitrogens with one attached hydrogen (secondary N) is 1. The smallest absolute Gasteiger partial charge is 0.274 e.